The Kier molecular flexibility index (Phi) is 8.84. The first-order valence-electron chi connectivity index (χ1n) is 23.1. The van der Waals surface area contributed by atoms with E-state index in [0.717, 1.165) is 118 Å². The van der Waals surface area contributed by atoms with Gasteiger partial charge in [-0.1, -0.05) is 102 Å². The first-order chi connectivity index (χ1) is 24.7. The molecular weight excluding hydrogens is 613 g/mol. The van der Waals surface area contributed by atoms with Crippen molar-refractivity contribution < 1.29 is 0 Å². The van der Waals surface area contributed by atoms with Gasteiger partial charge in [-0.2, -0.15) is 0 Å². The maximum atomic E-state index is 2.62. The van der Waals surface area contributed by atoms with E-state index in [0.29, 0.717) is 5.92 Å². The summed E-state index contributed by atoms with van der Waals surface area (Å²) in [4.78, 5) is 0. The Bertz CT molecular complexity index is 1440. The molecule has 51 heavy (non-hydrogen) atoms. The summed E-state index contributed by atoms with van der Waals surface area (Å²) in [7, 11) is 0. The summed E-state index contributed by atoms with van der Waals surface area (Å²) >= 11 is 0. The zero-order chi connectivity index (χ0) is 34.7. The fraction of sp³-hybridized carbons (Fsp3) is 0.804. The van der Waals surface area contributed by atoms with Crippen LogP contribution >= 0.6 is 0 Å². The van der Waals surface area contributed by atoms with Crippen LogP contribution in [0, 0.1) is 142 Å². The van der Waals surface area contributed by atoms with E-state index in [2.05, 4.69) is 102 Å². The SMILES string of the molecule is CC(C)/C=C/C1CC1C1CC1C1CC1C1CC1C1CC1/C=C/C1CC1C.CC(C)/C=C/C=C/C1CC1C1CC1C1CC1C1CC1/C=C/C1CC1C. The first kappa shape index (κ1) is 34.2. The van der Waals surface area contributed by atoms with Crippen LogP contribution in [0.3, 0.4) is 0 Å². The molecule has 11 fully saturated rings. The van der Waals surface area contributed by atoms with Gasteiger partial charge in [0.05, 0.1) is 0 Å². The average molecular weight is 687 g/mol. The molecule has 11 saturated carbocycles. The Labute approximate surface area is 313 Å². The molecule has 278 valence electrons. The first-order valence-corrected chi connectivity index (χ1v) is 23.1. The molecule has 11 aliphatic rings. The second-order valence-corrected chi connectivity index (χ2v) is 22.2. The van der Waals surface area contributed by atoms with Crippen molar-refractivity contribution in [2.75, 3.05) is 0 Å². The maximum Gasteiger partial charge on any atom is -0.0196 e. The molecule has 11 aliphatic carbocycles. The van der Waals surface area contributed by atoms with E-state index in [1.165, 1.54) is 56.3 Å². The highest BCUT2D eigenvalue weighted by Gasteiger charge is 2.66. The summed E-state index contributed by atoms with van der Waals surface area (Å²) in [6.45, 7) is 13.9. The summed E-state index contributed by atoms with van der Waals surface area (Å²) in [5.41, 5.74) is 0. The molecule has 0 heteroatoms. The van der Waals surface area contributed by atoms with Crippen LogP contribution in [0.5, 0.6) is 0 Å². The molecule has 22 unspecified atom stereocenters. The standard InChI is InChI=1S/C26H38.C25H36/c1-14(2)4-5-17-9-19(17)21-11-23(21)25-13-26(25)24-12-22(24)20-10-18(20)7-6-16-8-15(16)3;1-15(2)6-4-5-7-18-11-20(18)22-13-24(22)25-14-23(25)21-12-19(21)9-8-17-10-16(17)3/h4-7,14-26H,8-13H2,1-3H3;4-9,15-25H,10-14H2,1-3H3/b5-4+,7-6+;6-4+,7-5+,9-8+. The van der Waals surface area contributed by atoms with E-state index in [1.54, 1.807) is 32.1 Å². The lowest BCUT2D eigenvalue weighted by Crippen LogP contribution is -1.96. The van der Waals surface area contributed by atoms with Crippen LogP contribution in [0.15, 0.2) is 60.8 Å². The van der Waals surface area contributed by atoms with Gasteiger partial charge in [-0.05, 0) is 213 Å². The third-order valence-electron chi connectivity index (χ3n) is 17.1. The lowest BCUT2D eigenvalue weighted by atomic mass is 10.0. The van der Waals surface area contributed by atoms with Gasteiger partial charge in [-0.25, -0.2) is 0 Å². The molecule has 0 aliphatic heterocycles. The van der Waals surface area contributed by atoms with Gasteiger partial charge in [-0.3, -0.25) is 0 Å². The molecule has 0 saturated heterocycles. The van der Waals surface area contributed by atoms with Gasteiger partial charge in [0.15, 0.2) is 0 Å². The van der Waals surface area contributed by atoms with Gasteiger partial charge in [0, 0.05) is 0 Å². The van der Waals surface area contributed by atoms with Gasteiger partial charge in [0.25, 0.3) is 0 Å². The monoisotopic (exact) mass is 687 g/mol. The zero-order valence-corrected chi connectivity index (χ0v) is 33.4. The summed E-state index contributed by atoms with van der Waals surface area (Å²) in [5, 5.41) is 0. The molecule has 0 bridgehead atoms. The topological polar surface area (TPSA) is 0 Å². The molecule has 0 aromatic rings. The largest absolute Gasteiger partial charge is 0.0857 e. The van der Waals surface area contributed by atoms with Crippen molar-refractivity contribution in [3.63, 3.8) is 0 Å². The fourth-order valence-corrected chi connectivity index (χ4v) is 12.6. The molecule has 0 amide bonds. The van der Waals surface area contributed by atoms with Crippen LogP contribution in [0.2, 0.25) is 0 Å². The van der Waals surface area contributed by atoms with E-state index in [9.17, 15) is 0 Å². The van der Waals surface area contributed by atoms with Crippen LogP contribution in [0.4, 0.5) is 0 Å². The van der Waals surface area contributed by atoms with Crippen LogP contribution < -0.4 is 0 Å². The van der Waals surface area contributed by atoms with Crippen LogP contribution in [-0.4, -0.2) is 0 Å². The predicted molar refractivity (Wildman–Crippen MR) is 214 cm³/mol. The van der Waals surface area contributed by atoms with Crippen LogP contribution in [0.1, 0.15) is 112 Å². The van der Waals surface area contributed by atoms with Gasteiger partial charge < -0.3 is 0 Å². The number of rotatable bonds is 16. The highest BCUT2D eigenvalue weighted by atomic mass is 14.7. The Morgan fingerprint density at radius 1 is 0.294 bits per heavy atom. The van der Waals surface area contributed by atoms with Gasteiger partial charge in [-0.15, -0.1) is 0 Å². The highest BCUT2D eigenvalue weighted by molar-refractivity contribution is 5.20. The lowest BCUT2D eigenvalue weighted by Gasteiger charge is -2.00. The molecule has 0 nitrogen and oxygen atoms in total. The number of hydrogen-bond donors (Lipinski definition) is 0. The van der Waals surface area contributed by atoms with Crippen molar-refractivity contribution in [2.24, 2.45) is 142 Å². The van der Waals surface area contributed by atoms with Crippen LogP contribution in [-0.2, 0) is 0 Å². The van der Waals surface area contributed by atoms with Gasteiger partial charge in [0.1, 0.15) is 0 Å². The molecule has 22 atom stereocenters. The summed E-state index contributed by atoms with van der Waals surface area (Å²) < 4.78 is 0. The molecule has 0 N–H and O–H groups in total. The molecule has 0 aromatic heterocycles. The summed E-state index contributed by atoms with van der Waals surface area (Å²) in [5.74, 6) is 24.9. The van der Waals surface area contributed by atoms with Gasteiger partial charge >= 0.3 is 0 Å². The Morgan fingerprint density at radius 2 is 0.588 bits per heavy atom. The Balaban J connectivity index is 0.000000128. The smallest absolute Gasteiger partial charge is 0.0196 e. The minimum atomic E-state index is 0.674. The van der Waals surface area contributed by atoms with E-state index in [1.807, 2.05) is 0 Å². The molecular formula is C51H74. The van der Waals surface area contributed by atoms with Gasteiger partial charge in [0.2, 0.25) is 0 Å². The number of hydrogen-bond acceptors (Lipinski definition) is 0. The summed E-state index contributed by atoms with van der Waals surface area (Å²) in [6, 6.07) is 0. The van der Waals surface area contributed by atoms with Crippen molar-refractivity contribution >= 4 is 0 Å². The maximum absolute atomic E-state index is 2.62. The molecule has 11 rings (SSSR count). The Hall–Kier alpha value is -1.30. The normalized spacial score (nSPS) is 56.3. The third-order valence-corrected chi connectivity index (χ3v) is 17.1. The summed E-state index contributed by atoms with van der Waals surface area (Å²) in [6.07, 6.45) is 41.7. The van der Waals surface area contributed by atoms with Crippen molar-refractivity contribution in [3.05, 3.63) is 60.8 Å². The Morgan fingerprint density at radius 3 is 0.922 bits per heavy atom. The molecule has 0 aromatic carbocycles. The van der Waals surface area contributed by atoms with E-state index in [-0.39, 0.29) is 0 Å². The second kappa shape index (κ2) is 13.2. The van der Waals surface area contributed by atoms with Crippen LogP contribution in [0.25, 0.3) is 0 Å². The quantitative estimate of drug-likeness (QED) is 0.112. The van der Waals surface area contributed by atoms with Crippen molar-refractivity contribution in [2.45, 2.75) is 112 Å². The average Bonchev–Trinajstić information content (AvgIpc) is 3.87. The minimum absolute atomic E-state index is 0.674. The van der Waals surface area contributed by atoms with E-state index < -0.39 is 0 Å². The predicted octanol–water partition coefficient (Wildman–Crippen LogP) is 13.1. The molecule has 0 heterocycles. The van der Waals surface area contributed by atoms with E-state index >= 15 is 0 Å². The third kappa shape index (κ3) is 8.07. The minimum Gasteiger partial charge on any atom is -0.0857 e. The van der Waals surface area contributed by atoms with Crippen molar-refractivity contribution in [1.82, 2.24) is 0 Å². The van der Waals surface area contributed by atoms with E-state index in [4.69, 9.17) is 0 Å². The molecule has 0 spiro atoms. The fourth-order valence-electron chi connectivity index (χ4n) is 12.6. The van der Waals surface area contributed by atoms with Crippen molar-refractivity contribution in [3.8, 4) is 0 Å². The highest BCUT2D eigenvalue weighted by Crippen LogP contribution is 2.73. The second-order valence-electron chi connectivity index (χ2n) is 22.2. The zero-order valence-electron chi connectivity index (χ0n) is 33.4. The molecule has 0 radical (unpaired) electrons. The number of allylic oxidation sites excluding steroid dienone is 10. The lowest BCUT2D eigenvalue weighted by molar-refractivity contribution is 0.485. The van der Waals surface area contributed by atoms with Crippen molar-refractivity contribution in [1.29, 1.82) is 0 Å².